The van der Waals surface area contributed by atoms with E-state index < -0.39 is 0 Å². The van der Waals surface area contributed by atoms with Crippen molar-refractivity contribution < 1.29 is 19.0 Å². The largest absolute Gasteiger partial charge is 0.493 e. The SMILES string of the molecule is COc1cc(C(=O)N/N=C(\C)C2CC2)cc(OC)c1OC. The summed E-state index contributed by atoms with van der Waals surface area (Å²) >= 11 is 0. The van der Waals surface area contributed by atoms with Gasteiger partial charge in [0.25, 0.3) is 5.91 Å². The van der Waals surface area contributed by atoms with E-state index in [2.05, 4.69) is 10.5 Å². The molecule has 0 radical (unpaired) electrons. The Bertz CT molecular complexity index is 540. The molecule has 1 aromatic carbocycles. The molecular weight excluding hydrogens is 272 g/mol. The molecule has 6 heteroatoms. The van der Waals surface area contributed by atoms with E-state index in [1.165, 1.54) is 21.3 Å². The number of nitrogens with zero attached hydrogens (tertiary/aromatic N) is 1. The van der Waals surface area contributed by atoms with Crippen molar-refractivity contribution in [2.75, 3.05) is 21.3 Å². The smallest absolute Gasteiger partial charge is 0.271 e. The lowest BCUT2D eigenvalue weighted by atomic mass is 10.1. The maximum Gasteiger partial charge on any atom is 0.271 e. The van der Waals surface area contributed by atoms with Crippen LogP contribution in [0.1, 0.15) is 30.1 Å². The maximum atomic E-state index is 12.2. The van der Waals surface area contributed by atoms with Gasteiger partial charge in [-0.1, -0.05) is 0 Å². The van der Waals surface area contributed by atoms with E-state index in [-0.39, 0.29) is 5.91 Å². The predicted molar refractivity (Wildman–Crippen MR) is 79.4 cm³/mol. The Kier molecular flexibility index (Phi) is 4.67. The average Bonchev–Trinajstić information content (AvgIpc) is 3.35. The highest BCUT2D eigenvalue weighted by atomic mass is 16.5. The van der Waals surface area contributed by atoms with Crippen LogP contribution >= 0.6 is 0 Å². The fraction of sp³-hybridized carbons (Fsp3) is 0.467. The van der Waals surface area contributed by atoms with Crippen LogP contribution in [0, 0.1) is 5.92 Å². The molecule has 2 rings (SSSR count). The van der Waals surface area contributed by atoms with Gasteiger partial charge < -0.3 is 14.2 Å². The Hall–Kier alpha value is -2.24. The number of hydrogen-bond donors (Lipinski definition) is 1. The van der Waals surface area contributed by atoms with Crippen LogP contribution in [0.3, 0.4) is 0 Å². The number of nitrogens with one attached hydrogen (secondary N) is 1. The summed E-state index contributed by atoms with van der Waals surface area (Å²) in [6.45, 7) is 1.92. The van der Waals surface area contributed by atoms with Gasteiger partial charge in [0.05, 0.1) is 21.3 Å². The van der Waals surface area contributed by atoms with Crippen molar-refractivity contribution >= 4 is 11.6 Å². The van der Waals surface area contributed by atoms with Gasteiger partial charge in [0.1, 0.15) is 0 Å². The van der Waals surface area contributed by atoms with Crippen LogP contribution in [0.4, 0.5) is 0 Å². The van der Waals surface area contributed by atoms with Crippen molar-refractivity contribution in [2.45, 2.75) is 19.8 Å². The minimum Gasteiger partial charge on any atom is -0.493 e. The lowest BCUT2D eigenvalue weighted by molar-refractivity contribution is 0.0954. The molecule has 0 bridgehead atoms. The Morgan fingerprint density at radius 3 is 2.14 bits per heavy atom. The second-order valence-electron chi connectivity index (χ2n) is 4.88. The normalized spacial score (nSPS) is 14.6. The van der Waals surface area contributed by atoms with Crippen LogP contribution in [0.5, 0.6) is 17.2 Å². The Labute approximate surface area is 124 Å². The predicted octanol–water partition coefficient (Wildman–Crippen LogP) is 2.23. The molecule has 114 valence electrons. The molecule has 1 aliphatic carbocycles. The first-order valence-corrected chi connectivity index (χ1v) is 6.75. The molecule has 21 heavy (non-hydrogen) atoms. The molecule has 0 saturated heterocycles. The summed E-state index contributed by atoms with van der Waals surface area (Å²) in [5.74, 6) is 1.53. The maximum absolute atomic E-state index is 12.2. The molecule has 1 fully saturated rings. The van der Waals surface area contributed by atoms with Crippen LogP contribution in [-0.2, 0) is 0 Å². The topological polar surface area (TPSA) is 69.2 Å². The molecule has 1 aliphatic rings. The van der Waals surface area contributed by atoms with Crippen LogP contribution in [0.25, 0.3) is 0 Å². The van der Waals surface area contributed by atoms with Gasteiger partial charge in [-0.25, -0.2) is 5.43 Å². The zero-order chi connectivity index (χ0) is 15.4. The molecule has 1 N–H and O–H groups in total. The van der Waals surface area contributed by atoms with Gasteiger partial charge in [-0.05, 0) is 37.8 Å². The Morgan fingerprint density at radius 1 is 1.14 bits per heavy atom. The van der Waals surface area contributed by atoms with E-state index >= 15 is 0 Å². The number of hydrogen-bond acceptors (Lipinski definition) is 5. The quantitative estimate of drug-likeness (QED) is 0.645. The summed E-state index contributed by atoms with van der Waals surface area (Å²) in [4.78, 5) is 12.2. The zero-order valence-corrected chi connectivity index (χ0v) is 12.7. The van der Waals surface area contributed by atoms with Gasteiger partial charge in [0, 0.05) is 11.3 Å². The van der Waals surface area contributed by atoms with E-state index in [4.69, 9.17) is 14.2 Å². The average molecular weight is 292 g/mol. The first kappa shape index (κ1) is 15.2. The molecule has 0 unspecified atom stereocenters. The number of carbonyl (C=O) groups excluding carboxylic acids is 1. The molecule has 0 atom stereocenters. The van der Waals surface area contributed by atoms with Crippen molar-refractivity contribution in [3.8, 4) is 17.2 Å². The van der Waals surface area contributed by atoms with Crippen molar-refractivity contribution in [2.24, 2.45) is 11.0 Å². The summed E-state index contributed by atoms with van der Waals surface area (Å²) < 4.78 is 15.7. The fourth-order valence-corrected chi connectivity index (χ4v) is 2.01. The fourth-order valence-electron chi connectivity index (χ4n) is 2.01. The van der Waals surface area contributed by atoms with Crippen molar-refractivity contribution in [3.05, 3.63) is 17.7 Å². The summed E-state index contributed by atoms with van der Waals surface area (Å²) in [5, 5.41) is 4.12. The standard InChI is InChI=1S/C15H20N2O4/c1-9(10-5-6-10)16-17-15(18)11-7-12(19-2)14(21-4)13(8-11)20-3/h7-8,10H,5-6H2,1-4H3,(H,17,18)/b16-9+. The lowest BCUT2D eigenvalue weighted by Gasteiger charge is -2.13. The Balaban J connectivity index is 2.22. The number of ether oxygens (including phenoxy) is 3. The minimum atomic E-state index is -0.311. The molecule has 1 aromatic rings. The second kappa shape index (κ2) is 6.47. The number of carbonyl (C=O) groups is 1. The number of benzene rings is 1. The lowest BCUT2D eigenvalue weighted by Crippen LogP contribution is -2.19. The number of hydrazone groups is 1. The third kappa shape index (κ3) is 3.45. The van der Waals surface area contributed by atoms with Crippen LogP contribution < -0.4 is 19.6 Å². The highest BCUT2D eigenvalue weighted by molar-refractivity contribution is 5.97. The molecule has 0 aliphatic heterocycles. The molecular formula is C15H20N2O4. The molecule has 0 spiro atoms. The highest BCUT2D eigenvalue weighted by Gasteiger charge is 2.24. The van der Waals surface area contributed by atoms with Crippen LogP contribution in [0.15, 0.2) is 17.2 Å². The third-order valence-electron chi connectivity index (χ3n) is 3.43. The number of rotatable bonds is 6. The second-order valence-corrected chi connectivity index (χ2v) is 4.88. The number of methoxy groups -OCH3 is 3. The summed E-state index contributed by atoms with van der Waals surface area (Å²) in [5.41, 5.74) is 3.91. The molecule has 0 heterocycles. The highest BCUT2D eigenvalue weighted by Crippen LogP contribution is 2.38. The van der Waals surface area contributed by atoms with Crippen molar-refractivity contribution in [1.82, 2.24) is 5.43 Å². The molecule has 1 amide bonds. The van der Waals surface area contributed by atoms with Crippen molar-refractivity contribution in [1.29, 1.82) is 0 Å². The van der Waals surface area contributed by atoms with E-state index in [0.29, 0.717) is 28.7 Å². The van der Waals surface area contributed by atoms with Crippen LogP contribution in [-0.4, -0.2) is 32.9 Å². The van der Waals surface area contributed by atoms with Gasteiger partial charge in [-0.2, -0.15) is 5.10 Å². The molecule has 0 aromatic heterocycles. The minimum absolute atomic E-state index is 0.311. The molecule has 1 saturated carbocycles. The van der Waals surface area contributed by atoms with Crippen LogP contribution in [0.2, 0.25) is 0 Å². The van der Waals surface area contributed by atoms with E-state index in [9.17, 15) is 4.79 Å². The van der Waals surface area contributed by atoms with E-state index in [0.717, 1.165) is 18.6 Å². The van der Waals surface area contributed by atoms with Gasteiger partial charge in [-0.3, -0.25) is 4.79 Å². The van der Waals surface area contributed by atoms with Gasteiger partial charge in [0.2, 0.25) is 5.75 Å². The monoisotopic (exact) mass is 292 g/mol. The van der Waals surface area contributed by atoms with E-state index in [1.54, 1.807) is 12.1 Å². The summed E-state index contributed by atoms with van der Waals surface area (Å²) in [6, 6.07) is 3.19. The first-order chi connectivity index (χ1) is 10.1. The summed E-state index contributed by atoms with van der Waals surface area (Å²) in [6.07, 6.45) is 2.30. The zero-order valence-electron chi connectivity index (χ0n) is 12.7. The Morgan fingerprint density at radius 2 is 1.71 bits per heavy atom. The first-order valence-electron chi connectivity index (χ1n) is 6.75. The third-order valence-corrected chi connectivity index (χ3v) is 3.43. The molecule has 6 nitrogen and oxygen atoms in total. The van der Waals surface area contributed by atoms with Gasteiger partial charge >= 0.3 is 0 Å². The van der Waals surface area contributed by atoms with Crippen molar-refractivity contribution in [3.63, 3.8) is 0 Å². The number of amides is 1. The van der Waals surface area contributed by atoms with Gasteiger partial charge in [0.15, 0.2) is 11.5 Å². The van der Waals surface area contributed by atoms with E-state index in [1.807, 2.05) is 6.92 Å². The summed E-state index contributed by atoms with van der Waals surface area (Å²) in [7, 11) is 4.53. The van der Waals surface area contributed by atoms with Gasteiger partial charge in [-0.15, -0.1) is 0 Å².